The van der Waals surface area contributed by atoms with Gasteiger partial charge in [-0.05, 0) is 52.8 Å². The van der Waals surface area contributed by atoms with Gasteiger partial charge in [-0.25, -0.2) is 0 Å². The van der Waals surface area contributed by atoms with Crippen LogP contribution in [-0.4, -0.2) is 42.0 Å². The number of ether oxygens (including phenoxy) is 2. The summed E-state index contributed by atoms with van der Waals surface area (Å²) in [5.74, 6) is -0.890. The lowest BCUT2D eigenvalue weighted by atomic mass is 9.85. The normalized spacial score (nSPS) is 17.2. The van der Waals surface area contributed by atoms with Gasteiger partial charge in [-0.15, -0.1) is 0 Å². The zero-order valence-electron chi connectivity index (χ0n) is 22.7. The zero-order valence-corrected chi connectivity index (χ0v) is 22.7. The Hall–Kier alpha value is -3.90. The van der Waals surface area contributed by atoms with E-state index in [1.807, 2.05) is 67.6 Å². The molecule has 0 spiro atoms. The number of methoxy groups -OCH3 is 1. The van der Waals surface area contributed by atoms with Crippen LogP contribution in [0.1, 0.15) is 54.6 Å². The standard InChI is InChI=1S/C32H35NO5/c1-21-19-25(38-20-22-9-7-6-8-10-22)15-16-26(21)29(34)27-28(33(17-18-37-5)31(36)30(27)35)23-11-13-24(14-12-23)32(2,3)4/h6-16,19,28,34H,17-18,20H2,1-5H3. The van der Waals surface area contributed by atoms with Gasteiger partial charge in [-0.1, -0.05) is 75.4 Å². The summed E-state index contributed by atoms with van der Waals surface area (Å²) >= 11 is 0. The third kappa shape index (κ3) is 5.65. The Morgan fingerprint density at radius 1 is 0.974 bits per heavy atom. The molecule has 0 bridgehead atoms. The van der Waals surface area contributed by atoms with Crippen molar-refractivity contribution in [1.29, 1.82) is 0 Å². The van der Waals surface area contributed by atoms with Gasteiger partial charge in [-0.3, -0.25) is 9.59 Å². The number of nitrogens with zero attached hydrogens (tertiary/aromatic N) is 1. The molecule has 0 aromatic heterocycles. The fraction of sp³-hybridized carbons (Fsp3) is 0.312. The molecule has 198 valence electrons. The number of likely N-dealkylation sites (tertiary alicyclic amines) is 1. The SMILES string of the molecule is COCCN1C(=O)C(=O)C(=C(O)c2ccc(OCc3ccccc3)cc2C)C1c1ccc(C(C)(C)C)cc1. The number of carbonyl (C=O) groups excluding carboxylic acids is 2. The summed E-state index contributed by atoms with van der Waals surface area (Å²) in [5.41, 5.74) is 4.20. The minimum atomic E-state index is -0.715. The van der Waals surface area contributed by atoms with Crippen molar-refractivity contribution in [2.24, 2.45) is 0 Å². The van der Waals surface area contributed by atoms with Gasteiger partial charge in [0.1, 0.15) is 18.1 Å². The quantitative estimate of drug-likeness (QED) is 0.229. The summed E-state index contributed by atoms with van der Waals surface area (Å²) in [7, 11) is 1.55. The van der Waals surface area contributed by atoms with Gasteiger partial charge in [0.25, 0.3) is 11.7 Å². The largest absolute Gasteiger partial charge is 0.507 e. The summed E-state index contributed by atoms with van der Waals surface area (Å²) in [6, 6.07) is 22.3. The Kier molecular flexibility index (Phi) is 8.02. The summed E-state index contributed by atoms with van der Waals surface area (Å²) in [5, 5.41) is 11.5. The Balaban J connectivity index is 1.71. The van der Waals surface area contributed by atoms with Crippen LogP contribution < -0.4 is 4.74 Å². The van der Waals surface area contributed by atoms with Crippen molar-refractivity contribution in [1.82, 2.24) is 4.90 Å². The van der Waals surface area contributed by atoms with E-state index < -0.39 is 17.7 Å². The van der Waals surface area contributed by atoms with Gasteiger partial charge in [0.05, 0.1) is 18.2 Å². The van der Waals surface area contributed by atoms with E-state index in [2.05, 4.69) is 20.8 Å². The van der Waals surface area contributed by atoms with Crippen LogP contribution in [0.5, 0.6) is 5.75 Å². The molecule has 0 saturated carbocycles. The summed E-state index contributed by atoms with van der Waals surface area (Å²) in [6.07, 6.45) is 0. The molecule has 1 heterocycles. The fourth-order valence-corrected chi connectivity index (χ4v) is 4.69. The average Bonchev–Trinajstić information content (AvgIpc) is 3.15. The molecule has 3 aromatic carbocycles. The topological polar surface area (TPSA) is 76.1 Å². The molecular weight excluding hydrogens is 478 g/mol. The predicted molar refractivity (Wildman–Crippen MR) is 148 cm³/mol. The molecule has 1 unspecified atom stereocenters. The molecule has 1 saturated heterocycles. The zero-order chi connectivity index (χ0) is 27.4. The second-order valence-corrected chi connectivity index (χ2v) is 10.6. The van der Waals surface area contributed by atoms with Crippen molar-refractivity contribution < 1.29 is 24.2 Å². The van der Waals surface area contributed by atoms with E-state index in [9.17, 15) is 14.7 Å². The van der Waals surface area contributed by atoms with Gasteiger partial charge in [-0.2, -0.15) is 0 Å². The maximum absolute atomic E-state index is 13.3. The lowest BCUT2D eigenvalue weighted by Crippen LogP contribution is -2.32. The molecule has 38 heavy (non-hydrogen) atoms. The lowest BCUT2D eigenvalue weighted by molar-refractivity contribution is -0.140. The predicted octanol–water partition coefficient (Wildman–Crippen LogP) is 5.94. The van der Waals surface area contributed by atoms with Crippen LogP contribution in [-0.2, 0) is 26.3 Å². The number of ketones is 1. The monoisotopic (exact) mass is 513 g/mol. The number of Topliss-reactive ketones (excluding diaryl/α,β-unsaturated/α-hetero) is 1. The van der Waals surface area contributed by atoms with E-state index in [0.717, 1.165) is 22.3 Å². The van der Waals surface area contributed by atoms with Gasteiger partial charge in [0.15, 0.2) is 0 Å². The van der Waals surface area contributed by atoms with Gasteiger partial charge < -0.3 is 19.5 Å². The van der Waals surface area contributed by atoms with Gasteiger partial charge >= 0.3 is 0 Å². The number of hydrogen-bond acceptors (Lipinski definition) is 5. The number of aliphatic hydroxyl groups excluding tert-OH is 1. The van der Waals surface area contributed by atoms with Crippen LogP contribution in [0.3, 0.4) is 0 Å². The molecule has 0 radical (unpaired) electrons. The first-order chi connectivity index (χ1) is 18.1. The van der Waals surface area contributed by atoms with Crippen LogP contribution in [0.15, 0.2) is 78.4 Å². The molecule has 0 aliphatic carbocycles. The van der Waals surface area contributed by atoms with Crippen molar-refractivity contribution in [3.05, 3.63) is 106 Å². The summed E-state index contributed by atoms with van der Waals surface area (Å²) in [4.78, 5) is 27.8. The molecule has 1 N–H and O–H groups in total. The number of aryl methyl sites for hydroxylation is 1. The van der Waals surface area contributed by atoms with E-state index in [1.165, 1.54) is 4.90 Å². The van der Waals surface area contributed by atoms with Gasteiger partial charge in [0, 0.05) is 19.2 Å². The number of amides is 1. The molecule has 1 aliphatic rings. The molecule has 4 rings (SSSR count). The Bertz CT molecular complexity index is 1340. The fourth-order valence-electron chi connectivity index (χ4n) is 4.69. The maximum atomic E-state index is 13.3. The van der Waals surface area contributed by atoms with Crippen molar-refractivity contribution in [2.45, 2.75) is 45.8 Å². The third-order valence-corrected chi connectivity index (χ3v) is 6.87. The first-order valence-electron chi connectivity index (χ1n) is 12.8. The summed E-state index contributed by atoms with van der Waals surface area (Å²) < 4.78 is 11.1. The lowest BCUT2D eigenvalue weighted by Gasteiger charge is -2.26. The molecular formula is C32H35NO5. The number of carbonyl (C=O) groups is 2. The molecule has 6 heteroatoms. The smallest absolute Gasteiger partial charge is 0.295 e. The average molecular weight is 514 g/mol. The van der Waals surface area contributed by atoms with Crippen molar-refractivity contribution in [3.63, 3.8) is 0 Å². The molecule has 1 fully saturated rings. The van der Waals surface area contributed by atoms with E-state index >= 15 is 0 Å². The number of aliphatic hydroxyl groups is 1. The highest BCUT2D eigenvalue weighted by molar-refractivity contribution is 6.46. The first-order valence-corrected chi connectivity index (χ1v) is 12.8. The van der Waals surface area contributed by atoms with Crippen LogP contribution in [0.25, 0.3) is 5.76 Å². The highest BCUT2D eigenvalue weighted by Gasteiger charge is 2.46. The first kappa shape index (κ1) is 27.1. The highest BCUT2D eigenvalue weighted by Crippen LogP contribution is 2.40. The van der Waals surface area contributed by atoms with E-state index in [1.54, 1.807) is 19.2 Å². The van der Waals surface area contributed by atoms with E-state index in [4.69, 9.17) is 9.47 Å². The molecule has 1 atom stereocenters. The molecule has 1 aliphatic heterocycles. The third-order valence-electron chi connectivity index (χ3n) is 6.87. The van der Waals surface area contributed by atoms with Crippen LogP contribution in [0.4, 0.5) is 0 Å². The number of hydrogen-bond donors (Lipinski definition) is 1. The highest BCUT2D eigenvalue weighted by atomic mass is 16.5. The van der Waals surface area contributed by atoms with Crippen LogP contribution >= 0.6 is 0 Å². The minimum Gasteiger partial charge on any atom is -0.507 e. The van der Waals surface area contributed by atoms with Gasteiger partial charge in [0.2, 0.25) is 0 Å². The van der Waals surface area contributed by atoms with Crippen molar-refractivity contribution in [2.75, 3.05) is 20.3 Å². The second-order valence-electron chi connectivity index (χ2n) is 10.6. The molecule has 1 amide bonds. The minimum absolute atomic E-state index is 0.0438. The second kappa shape index (κ2) is 11.2. The van der Waals surface area contributed by atoms with Crippen LogP contribution in [0.2, 0.25) is 0 Å². The Morgan fingerprint density at radius 3 is 2.26 bits per heavy atom. The Labute approximate surface area is 224 Å². The van der Waals surface area contributed by atoms with Crippen molar-refractivity contribution in [3.8, 4) is 5.75 Å². The van der Waals surface area contributed by atoms with E-state index in [-0.39, 0.29) is 29.9 Å². The van der Waals surface area contributed by atoms with Crippen LogP contribution in [0, 0.1) is 6.92 Å². The summed E-state index contributed by atoms with van der Waals surface area (Å²) in [6.45, 7) is 9.15. The van der Waals surface area contributed by atoms with E-state index in [0.29, 0.717) is 17.9 Å². The number of rotatable bonds is 8. The Morgan fingerprint density at radius 2 is 1.66 bits per heavy atom. The molecule has 3 aromatic rings. The molecule has 6 nitrogen and oxygen atoms in total. The van der Waals surface area contributed by atoms with Crippen molar-refractivity contribution >= 4 is 17.4 Å². The number of benzene rings is 3. The maximum Gasteiger partial charge on any atom is 0.295 e.